The zero-order chi connectivity index (χ0) is 16.4. The summed E-state index contributed by atoms with van der Waals surface area (Å²) in [5.74, 6) is 3.69. The van der Waals surface area contributed by atoms with Gasteiger partial charge in [-0.1, -0.05) is 5.16 Å². The van der Waals surface area contributed by atoms with Crippen LogP contribution < -0.4 is 9.64 Å². The zero-order valence-electron chi connectivity index (χ0n) is 14.0. The number of aromatic nitrogens is 4. The van der Waals surface area contributed by atoms with Crippen LogP contribution in [0.25, 0.3) is 0 Å². The molecule has 3 rings (SSSR count). The molecule has 2 aromatic heterocycles. The average molecular weight is 318 g/mol. The lowest BCUT2D eigenvalue weighted by atomic mass is 10.2. The van der Waals surface area contributed by atoms with Gasteiger partial charge in [-0.05, 0) is 13.8 Å². The van der Waals surface area contributed by atoms with E-state index in [1.165, 1.54) is 0 Å². The summed E-state index contributed by atoms with van der Waals surface area (Å²) in [7, 11) is 1.64. The van der Waals surface area contributed by atoms with Crippen molar-refractivity contribution >= 4 is 5.82 Å². The van der Waals surface area contributed by atoms with Crippen molar-refractivity contribution in [3.05, 3.63) is 23.1 Å². The number of nitrogens with zero attached hydrogens (tertiary/aromatic N) is 6. The normalized spacial score (nSPS) is 15.9. The van der Waals surface area contributed by atoms with Gasteiger partial charge in [-0.15, -0.1) is 0 Å². The van der Waals surface area contributed by atoms with Gasteiger partial charge >= 0.3 is 0 Å². The number of piperazine rings is 1. The number of anilines is 1. The molecule has 0 aromatic carbocycles. The van der Waals surface area contributed by atoms with E-state index in [1.807, 2.05) is 20.8 Å². The molecule has 124 valence electrons. The van der Waals surface area contributed by atoms with Crippen molar-refractivity contribution in [1.82, 2.24) is 25.0 Å². The number of aryl methyl sites for hydroxylation is 2. The standard InChI is InChI=1S/C15H22N6O2/c1-10-14(16-11(2)17-15(10)22-4)21-7-5-20(6-8-21)9-13-18-12(3)23-19-13/h5-9H2,1-4H3. The van der Waals surface area contributed by atoms with Gasteiger partial charge in [-0.25, -0.2) is 4.98 Å². The van der Waals surface area contributed by atoms with Crippen molar-refractivity contribution in [1.29, 1.82) is 0 Å². The Morgan fingerprint density at radius 3 is 2.39 bits per heavy atom. The fraction of sp³-hybridized carbons (Fsp3) is 0.600. The minimum atomic E-state index is 0.609. The van der Waals surface area contributed by atoms with Gasteiger partial charge in [0.2, 0.25) is 11.8 Å². The third-order valence-corrected chi connectivity index (χ3v) is 3.99. The molecule has 0 spiro atoms. The number of hydrogen-bond acceptors (Lipinski definition) is 8. The van der Waals surface area contributed by atoms with Crippen LogP contribution in [-0.2, 0) is 6.54 Å². The van der Waals surface area contributed by atoms with E-state index in [0.717, 1.165) is 55.8 Å². The minimum absolute atomic E-state index is 0.609. The van der Waals surface area contributed by atoms with Crippen molar-refractivity contribution < 1.29 is 9.26 Å². The first-order valence-electron chi connectivity index (χ1n) is 7.72. The molecule has 1 fully saturated rings. The van der Waals surface area contributed by atoms with Crippen LogP contribution >= 0.6 is 0 Å². The summed E-state index contributed by atoms with van der Waals surface area (Å²) in [5, 5.41) is 3.96. The maximum atomic E-state index is 5.34. The Balaban J connectivity index is 1.66. The quantitative estimate of drug-likeness (QED) is 0.829. The predicted molar refractivity (Wildman–Crippen MR) is 84.6 cm³/mol. The first-order valence-corrected chi connectivity index (χ1v) is 7.72. The van der Waals surface area contributed by atoms with E-state index in [-0.39, 0.29) is 0 Å². The van der Waals surface area contributed by atoms with Gasteiger partial charge in [0.15, 0.2) is 5.82 Å². The van der Waals surface area contributed by atoms with Crippen LogP contribution in [0.3, 0.4) is 0 Å². The Kier molecular flexibility index (Phi) is 4.42. The molecule has 0 N–H and O–H groups in total. The summed E-state index contributed by atoms with van der Waals surface area (Å²) in [6.45, 7) is 10.1. The van der Waals surface area contributed by atoms with Crippen LogP contribution in [-0.4, -0.2) is 58.3 Å². The molecule has 0 radical (unpaired) electrons. The molecule has 1 saturated heterocycles. The summed E-state index contributed by atoms with van der Waals surface area (Å²) in [6, 6.07) is 0. The Labute approximate surface area is 135 Å². The van der Waals surface area contributed by atoms with E-state index in [9.17, 15) is 0 Å². The van der Waals surface area contributed by atoms with Crippen molar-refractivity contribution in [2.75, 3.05) is 38.2 Å². The van der Waals surface area contributed by atoms with Gasteiger partial charge in [0, 0.05) is 33.1 Å². The third kappa shape index (κ3) is 3.42. The van der Waals surface area contributed by atoms with Gasteiger partial charge in [-0.2, -0.15) is 9.97 Å². The smallest absolute Gasteiger partial charge is 0.223 e. The molecule has 2 aromatic rings. The van der Waals surface area contributed by atoms with Crippen LogP contribution in [0.1, 0.15) is 23.1 Å². The second-order valence-corrected chi connectivity index (χ2v) is 5.72. The molecule has 0 unspecified atom stereocenters. The number of hydrogen-bond donors (Lipinski definition) is 0. The highest BCUT2D eigenvalue weighted by molar-refractivity contribution is 5.51. The maximum absolute atomic E-state index is 5.34. The topological polar surface area (TPSA) is 80.4 Å². The fourth-order valence-corrected chi connectivity index (χ4v) is 2.82. The fourth-order valence-electron chi connectivity index (χ4n) is 2.82. The largest absolute Gasteiger partial charge is 0.481 e. The summed E-state index contributed by atoms with van der Waals surface area (Å²) in [6.07, 6.45) is 0. The molecule has 3 heterocycles. The van der Waals surface area contributed by atoms with E-state index < -0.39 is 0 Å². The van der Waals surface area contributed by atoms with E-state index in [2.05, 4.69) is 29.9 Å². The summed E-state index contributed by atoms with van der Waals surface area (Å²) < 4.78 is 10.4. The highest BCUT2D eigenvalue weighted by atomic mass is 16.5. The predicted octanol–water partition coefficient (Wildman–Crippen LogP) is 1.12. The lowest BCUT2D eigenvalue weighted by Crippen LogP contribution is -2.46. The van der Waals surface area contributed by atoms with Crippen molar-refractivity contribution in [3.8, 4) is 5.88 Å². The SMILES string of the molecule is COc1nc(C)nc(N2CCN(Cc3noc(C)n3)CC2)c1C. The average Bonchev–Trinajstić information content (AvgIpc) is 2.95. The monoisotopic (exact) mass is 318 g/mol. The van der Waals surface area contributed by atoms with Crippen LogP contribution in [0, 0.1) is 20.8 Å². The molecule has 0 atom stereocenters. The van der Waals surface area contributed by atoms with Crippen molar-refractivity contribution in [2.45, 2.75) is 27.3 Å². The zero-order valence-corrected chi connectivity index (χ0v) is 14.0. The lowest BCUT2D eigenvalue weighted by molar-refractivity contribution is 0.239. The third-order valence-electron chi connectivity index (χ3n) is 3.99. The second-order valence-electron chi connectivity index (χ2n) is 5.72. The van der Waals surface area contributed by atoms with Gasteiger partial charge in [0.25, 0.3) is 0 Å². The highest BCUT2D eigenvalue weighted by Gasteiger charge is 2.22. The summed E-state index contributed by atoms with van der Waals surface area (Å²) in [5.41, 5.74) is 0.986. The van der Waals surface area contributed by atoms with Gasteiger partial charge in [0.1, 0.15) is 11.6 Å². The molecular weight excluding hydrogens is 296 g/mol. The second kappa shape index (κ2) is 6.49. The van der Waals surface area contributed by atoms with E-state index in [4.69, 9.17) is 9.26 Å². The molecule has 1 aliphatic heterocycles. The Morgan fingerprint density at radius 1 is 1.04 bits per heavy atom. The Bertz CT molecular complexity index is 679. The Morgan fingerprint density at radius 2 is 1.78 bits per heavy atom. The van der Waals surface area contributed by atoms with Crippen LogP contribution in [0.5, 0.6) is 5.88 Å². The molecule has 0 bridgehead atoms. The first-order chi connectivity index (χ1) is 11.1. The molecule has 0 aliphatic carbocycles. The molecule has 1 aliphatic rings. The number of ether oxygens (including phenoxy) is 1. The highest BCUT2D eigenvalue weighted by Crippen LogP contribution is 2.25. The molecule has 8 heteroatoms. The molecule has 8 nitrogen and oxygen atoms in total. The maximum Gasteiger partial charge on any atom is 0.223 e. The number of methoxy groups -OCH3 is 1. The van der Waals surface area contributed by atoms with E-state index in [1.54, 1.807) is 7.11 Å². The van der Waals surface area contributed by atoms with Gasteiger partial charge < -0.3 is 14.2 Å². The Hall–Kier alpha value is -2.22. The van der Waals surface area contributed by atoms with Gasteiger partial charge in [0.05, 0.1) is 19.2 Å². The van der Waals surface area contributed by atoms with E-state index >= 15 is 0 Å². The van der Waals surface area contributed by atoms with Gasteiger partial charge in [-0.3, -0.25) is 4.90 Å². The molecular formula is C15H22N6O2. The van der Waals surface area contributed by atoms with Crippen LogP contribution in [0.2, 0.25) is 0 Å². The van der Waals surface area contributed by atoms with Crippen LogP contribution in [0.15, 0.2) is 4.52 Å². The number of rotatable bonds is 4. The molecule has 0 saturated carbocycles. The summed E-state index contributed by atoms with van der Waals surface area (Å²) in [4.78, 5) is 17.8. The van der Waals surface area contributed by atoms with Crippen molar-refractivity contribution in [3.63, 3.8) is 0 Å². The minimum Gasteiger partial charge on any atom is -0.481 e. The lowest BCUT2D eigenvalue weighted by Gasteiger charge is -2.35. The molecule has 23 heavy (non-hydrogen) atoms. The van der Waals surface area contributed by atoms with Crippen LogP contribution in [0.4, 0.5) is 5.82 Å². The van der Waals surface area contributed by atoms with E-state index in [0.29, 0.717) is 11.8 Å². The summed E-state index contributed by atoms with van der Waals surface area (Å²) >= 11 is 0. The molecule has 0 amide bonds. The van der Waals surface area contributed by atoms with Crippen molar-refractivity contribution in [2.24, 2.45) is 0 Å². The first kappa shape index (κ1) is 15.7.